The number of hydrogen-bond acceptors (Lipinski definition) is 6. The van der Waals surface area contributed by atoms with Gasteiger partial charge in [-0.2, -0.15) is 0 Å². The molecule has 0 radical (unpaired) electrons. The van der Waals surface area contributed by atoms with Crippen LogP contribution in [0.25, 0.3) is 0 Å². The highest BCUT2D eigenvalue weighted by Gasteiger charge is 2.47. The van der Waals surface area contributed by atoms with Crippen LogP contribution in [-0.4, -0.2) is 75.3 Å². The molecule has 0 saturated carbocycles. The molecule has 0 spiro atoms. The Morgan fingerprint density at radius 1 is 1.35 bits per heavy atom. The first-order valence-electron chi connectivity index (χ1n) is 5.42. The molecule has 2 amide bonds. The van der Waals surface area contributed by atoms with Gasteiger partial charge < -0.3 is 30.5 Å². The van der Waals surface area contributed by atoms with Crippen LogP contribution in [0, 0.1) is 0 Å². The second-order valence-corrected chi connectivity index (χ2v) is 4.18. The van der Waals surface area contributed by atoms with Crippen molar-refractivity contribution in [2.75, 3.05) is 13.2 Å². The molecule has 5 N–H and O–H groups in total. The number of aliphatic hydroxyl groups is 4. The summed E-state index contributed by atoms with van der Waals surface area (Å²) < 4.78 is 5.21. The molecule has 0 aromatic rings. The average molecular weight is 248 g/mol. The van der Waals surface area contributed by atoms with Gasteiger partial charge in [-0.1, -0.05) is 0 Å². The molecular weight excluding hydrogens is 232 g/mol. The van der Waals surface area contributed by atoms with E-state index in [0.29, 0.717) is 6.42 Å². The monoisotopic (exact) mass is 248 g/mol. The molecule has 5 atom stereocenters. The topological polar surface area (TPSA) is 122 Å². The molecule has 1 unspecified atom stereocenters. The van der Waals surface area contributed by atoms with Gasteiger partial charge in [0.2, 0.25) is 0 Å². The summed E-state index contributed by atoms with van der Waals surface area (Å²) in [5.74, 6) is 0. The zero-order valence-electron chi connectivity index (χ0n) is 9.06. The lowest BCUT2D eigenvalue weighted by molar-refractivity contribution is -0.0893. The zero-order valence-corrected chi connectivity index (χ0v) is 9.06. The molecule has 8 nitrogen and oxygen atoms in total. The first-order valence-corrected chi connectivity index (χ1v) is 5.42. The van der Waals surface area contributed by atoms with E-state index in [4.69, 9.17) is 9.84 Å². The fraction of sp³-hybridized carbons (Fsp3) is 0.889. The van der Waals surface area contributed by atoms with Crippen molar-refractivity contribution in [1.29, 1.82) is 0 Å². The molecule has 0 bridgehead atoms. The molecule has 2 aliphatic rings. The predicted octanol–water partition coefficient (Wildman–Crippen LogP) is -2.84. The minimum absolute atomic E-state index is 0.208. The van der Waals surface area contributed by atoms with Gasteiger partial charge in [0.25, 0.3) is 0 Å². The summed E-state index contributed by atoms with van der Waals surface area (Å²) in [6, 6.07) is -0.571. The van der Waals surface area contributed by atoms with Gasteiger partial charge in [0, 0.05) is 13.0 Å². The molecule has 98 valence electrons. The molecule has 2 saturated heterocycles. The number of nitrogens with zero attached hydrogens (tertiary/aromatic N) is 1. The van der Waals surface area contributed by atoms with E-state index >= 15 is 0 Å². The molecule has 0 aromatic heterocycles. The van der Waals surface area contributed by atoms with Crippen LogP contribution in [-0.2, 0) is 4.74 Å². The molecule has 0 aliphatic carbocycles. The van der Waals surface area contributed by atoms with Gasteiger partial charge >= 0.3 is 6.03 Å². The first kappa shape index (κ1) is 12.5. The Morgan fingerprint density at radius 3 is 2.59 bits per heavy atom. The summed E-state index contributed by atoms with van der Waals surface area (Å²) in [7, 11) is 0. The number of aliphatic hydroxyl groups excluding tert-OH is 4. The number of nitrogens with one attached hydrogen (secondary N) is 1. The fourth-order valence-electron chi connectivity index (χ4n) is 2.04. The maximum absolute atomic E-state index is 11.6. The summed E-state index contributed by atoms with van der Waals surface area (Å²) in [6.45, 7) is -0.230. The third kappa shape index (κ3) is 2.22. The van der Waals surface area contributed by atoms with E-state index in [1.807, 2.05) is 0 Å². The maximum atomic E-state index is 11.6. The smallest absolute Gasteiger partial charge is 0.321 e. The molecular formula is C9H16N2O6. The highest BCUT2D eigenvalue weighted by molar-refractivity contribution is 5.75. The van der Waals surface area contributed by atoms with Crippen molar-refractivity contribution in [3.63, 3.8) is 0 Å². The summed E-state index contributed by atoms with van der Waals surface area (Å²) in [5, 5.41) is 39.7. The van der Waals surface area contributed by atoms with Crippen molar-refractivity contribution in [3.8, 4) is 0 Å². The van der Waals surface area contributed by atoms with Crippen molar-refractivity contribution >= 4 is 6.03 Å². The normalized spacial score (nSPS) is 42.7. The van der Waals surface area contributed by atoms with Gasteiger partial charge in [-0.3, -0.25) is 4.90 Å². The van der Waals surface area contributed by atoms with Crippen LogP contribution in [0.15, 0.2) is 0 Å². The van der Waals surface area contributed by atoms with Gasteiger partial charge in [-0.15, -0.1) is 0 Å². The zero-order chi connectivity index (χ0) is 12.6. The third-order valence-electron chi connectivity index (χ3n) is 3.02. The fourth-order valence-corrected chi connectivity index (χ4v) is 2.04. The van der Waals surface area contributed by atoms with Crippen molar-refractivity contribution in [1.82, 2.24) is 10.2 Å². The number of amides is 2. The van der Waals surface area contributed by atoms with Crippen molar-refractivity contribution in [2.24, 2.45) is 0 Å². The van der Waals surface area contributed by atoms with Crippen LogP contribution in [0.4, 0.5) is 4.79 Å². The highest BCUT2D eigenvalue weighted by atomic mass is 16.6. The number of urea groups is 1. The standard InChI is InChI=1S/C9H16N2O6/c12-3-4-6(14)7(15)8(17-4)11-2-1-5(13)10-9(11)16/h4-8,12-15H,1-3H2,(H,10,16)/t4-,5?,6-,7+,8-/m1/s1. The Bertz CT molecular complexity index is 301. The Balaban J connectivity index is 2.05. The third-order valence-corrected chi connectivity index (χ3v) is 3.02. The Morgan fingerprint density at radius 2 is 2.06 bits per heavy atom. The molecule has 8 heteroatoms. The van der Waals surface area contributed by atoms with E-state index < -0.39 is 43.4 Å². The van der Waals surface area contributed by atoms with Crippen molar-refractivity contribution in [2.45, 2.75) is 37.2 Å². The maximum Gasteiger partial charge on any atom is 0.321 e. The van der Waals surface area contributed by atoms with Crippen LogP contribution >= 0.6 is 0 Å². The molecule has 0 aromatic carbocycles. The lowest BCUT2D eigenvalue weighted by atomic mass is 10.1. The summed E-state index contributed by atoms with van der Waals surface area (Å²) in [5.41, 5.74) is 0. The highest BCUT2D eigenvalue weighted by Crippen LogP contribution is 2.25. The van der Waals surface area contributed by atoms with Gasteiger partial charge in [-0.25, -0.2) is 4.79 Å². The van der Waals surface area contributed by atoms with E-state index in [0.717, 1.165) is 0 Å². The van der Waals surface area contributed by atoms with Gasteiger partial charge in [-0.05, 0) is 0 Å². The van der Waals surface area contributed by atoms with Crippen LogP contribution in [0.3, 0.4) is 0 Å². The van der Waals surface area contributed by atoms with Crippen LogP contribution in [0.2, 0.25) is 0 Å². The van der Waals surface area contributed by atoms with Crippen LogP contribution in [0.5, 0.6) is 0 Å². The molecule has 2 heterocycles. The van der Waals surface area contributed by atoms with Crippen LogP contribution < -0.4 is 5.32 Å². The van der Waals surface area contributed by atoms with Crippen molar-refractivity contribution in [3.05, 3.63) is 0 Å². The van der Waals surface area contributed by atoms with E-state index in [1.165, 1.54) is 4.90 Å². The lowest BCUT2D eigenvalue weighted by Gasteiger charge is -2.35. The summed E-state index contributed by atoms with van der Waals surface area (Å²) in [6.07, 6.45) is -5.02. The number of carbonyl (C=O) groups excluding carboxylic acids is 1. The number of rotatable bonds is 2. The van der Waals surface area contributed by atoms with E-state index in [9.17, 15) is 20.1 Å². The molecule has 2 fully saturated rings. The molecule has 17 heavy (non-hydrogen) atoms. The number of carbonyl (C=O) groups is 1. The van der Waals surface area contributed by atoms with Crippen molar-refractivity contribution < 1.29 is 30.0 Å². The summed E-state index contributed by atoms with van der Waals surface area (Å²) in [4.78, 5) is 12.7. The second-order valence-electron chi connectivity index (χ2n) is 4.18. The first-order chi connectivity index (χ1) is 8.04. The van der Waals surface area contributed by atoms with Gasteiger partial charge in [0.15, 0.2) is 6.23 Å². The van der Waals surface area contributed by atoms with E-state index in [2.05, 4.69) is 5.32 Å². The molecule has 2 rings (SSSR count). The van der Waals surface area contributed by atoms with E-state index in [1.54, 1.807) is 0 Å². The number of hydrogen-bond donors (Lipinski definition) is 5. The minimum atomic E-state index is -1.27. The molecule has 2 aliphatic heterocycles. The Hall–Kier alpha value is -0.930. The quantitative estimate of drug-likeness (QED) is 0.359. The van der Waals surface area contributed by atoms with Gasteiger partial charge in [0.1, 0.15) is 24.5 Å². The number of ether oxygens (including phenoxy) is 1. The summed E-state index contributed by atoms with van der Waals surface area (Å²) >= 11 is 0. The average Bonchev–Trinajstić information content (AvgIpc) is 2.57. The van der Waals surface area contributed by atoms with E-state index in [-0.39, 0.29) is 6.54 Å². The SMILES string of the molecule is O=C1NC(O)CCN1[C@@H]1O[C@H](CO)[C@@H](O)[C@@H]1O. The van der Waals surface area contributed by atoms with Gasteiger partial charge in [0.05, 0.1) is 6.61 Å². The Kier molecular flexibility index (Phi) is 3.50. The minimum Gasteiger partial charge on any atom is -0.394 e. The second kappa shape index (κ2) is 4.75. The predicted molar refractivity (Wildman–Crippen MR) is 53.6 cm³/mol. The van der Waals surface area contributed by atoms with Crippen LogP contribution in [0.1, 0.15) is 6.42 Å². The Labute approximate surface area is 97.4 Å². The largest absolute Gasteiger partial charge is 0.394 e. The lowest BCUT2D eigenvalue weighted by Crippen LogP contribution is -2.57.